The summed E-state index contributed by atoms with van der Waals surface area (Å²) in [6.07, 6.45) is 4.34. The van der Waals surface area contributed by atoms with Gasteiger partial charge in [0.25, 0.3) is 0 Å². The van der Waals surface area contributed by atoms with Crippen molar-refractivity contribution < 1.29 is 0 Å². The van der Waals surface area contributed by atoms with Gasteiger partial charge in [-0.15, -0.1) is 0 Å². The molecule has 0 amide bonds. The van der Waals surface area contributed by atoms with Crippen LogP contribution in [0.2, 0.25) is 5.02 Å². The van der Waals surface area contributed by atoms with Crippen LogP contribution < -0.4 is 10.6 Å². The average molecular weight is 240 g/mol. The SMILES string of the molecule is CC1CCCN(c2ncc(CN)cc2Cl)C1. The molecule has 88 valence electrons. The van der Waals surface area contributed by atoms with Crippen molar-refractivity contribution in [2.24, 2.45) is 11.7 Å². The van der Waals surface area contributed by atoms with Crippen molar-refractivity contribution in [2.45, 2.75) is 26.3 Å². The quantitative estimate of drug-likeness (QED) is 0.862. The predicted molar refractivity (Wildman–Crippen MR) is 67.7 cm³/mol. The van der Waals surface area contributed by atoms with Gasteiger partial charge in [-0.1, -0.05) is 18.5 Å². The molecule has 1 aromatic heterocycles. The van der Waals surface area contributed by atoms with Crippen LogP contribution in [0.15, 0.2) is 12.3 Å². The van der Waals surface area contributed by atoms with E-state index >= 15 is 0 Å². The summed E-state index contributed by atoms with van der Waals surface area (Å²) in [4.78, 5) is 6.70. The maximum atomic E-state index is 6.23. The van der Waals surface area contributed by atoms with Crippen LogP contribution in [-0.4, -0.2) is 18.1 Å². The Balaban J connectivity index is 2.19. The van der Waals surface area contributed by atoms with E-state index in [1.807, 2.05) is 12.3 Å². The highest BCUT2D eigenvalue weighted by molar-refractivity contribution is 6.33. The van der Waals surface area contributed by atoms with E-state index in [-0.39, 0.29) is 0 Å². The third-order valence-corrected chi connectivity index (χ3v) is 3.35. The van der Waals surface area contributed by atoms with Crippen LogP contribution in [0.25, 0.3) is 0 Å². The van der Waals surface area contributed by atoms with E-state index in [2.05, 4.69) is 16.8 Å². The molecule has 2 heterocycles. The summed E-state index contributed by atoms with van der Waals surface area (Å²) in [6.45, 7) is 4.87. The largest absolute Gasteiger partial charge is 0.355 e. The first-order valence-electron chi connectivity index (χ1n) is 5.80. The van der Waals surface area contributed by atoms with Gasteiger partial charge in [0.05, 0.1) is 5.02 Å². The lowest BCUT2D eigenvalue weighted by Crippen LogP contribution is -2.35. The van der Waals surface area contributed by atoms with Crippen LogP contribution in [0.3, 0.4) is 0 Å². The molecule has 0 saturated carbocycles. The molecule has 2 rings (SSSR count). The van der Waals surface area contributed by atoms with Crippen molar-refractivity contribution in [1.82, 2.24) is 4.98 Å². The van der Waals surface area contributed by atoms with Crippen molar-refractivity contribution in [2.75, 3.05) is 18.0 Å². The Morgan fingerprint density at radius 3 is 3.06 bits per heavy atom. The Hall–Kier alpha value is -0.800. The Morgan fingerprint density at radius 1 is 1.62 bits per heavy atom. The second kappa shape index (κ2) is 5.02. The molecule has 0 aromatic carbocycles. The summed E-state index contributed by atoms with van der Waals surface area (Å²) in [5, 5.41) is 0.719. The maximum absolute atomic E-state index is 6.23. The van der Waals surface area contributed by atoms with Gasteiger partial charge >= 0.3 is 0 Å². The number of hydrogen-bond acceptors (Lipinski definition) is 3. The second-order valence-electron chi connectivity index (χ2n) is 4.55. The molecule has 0 spiro atoms. The molecule has 0 bridgehead atoms. The first-order valence-corrected chi connectivity index (χ1v) is 6.18. The molecular weight excluding hydrogens is 222 g/mol. The fourth-order valence-electron chi connectivity index (χ4n) is 2.20. The van der Waals surface area contributed by atoms with E-state index in [9.17, 15) is 0 Å². The topological polar surface area (TPSA) is 42.2 Å². The van der Waals surface area contributed by atoms with Crippen LogP contribution in [0.4, 0.5) is 5.82 Å². The summed E-state index contributed by atoms with van der Waals surface area (Å²) in [5.41, 5.74) is 6.54. The summed E-state index contributed by atoms with van der Waals surface area (Å²) in [6, 6.07) is 1.92. The van der Waals surface area contributed by atoms with Crippen molar-refractivity contribution in [3.8, 4) is 0 Å². The Kier molecular flexibility index (Phi) is 3.66. The highest BCUT2D eigenvalue weighted by atomic mass is 35.5. The molecule has 1 unspecified atom stereocenters. The monoisotopic (exact) mass is 239 g/mol. The molecule has 1 aliphatic rings. The number of nitrogens with two attached hydrogens (primary N) is 1. The van der Waals surface area contributed by atoms with Gasteiger partial charge in [-0.25, -0.2) is 4.98 Å². The molecule has 1 atom stereocenters. The number of pyridine rings is 1. The molecule has 1 aliphatic heterocycles. The molecule has 1 aromatic rings. The van der Waals surface area contributed by atoms with Gasteiger partial charge in [0.15, 0.2) is 0 Å². The lowest BCUT2D eigenvalue weighted by molar-refractivity contribution is 0.444. The molecule has 1 fully saturated rings. The Bertz CT molecular complexity index is 367. The molecule has 4 heteroatoms. The molecule has 1 saturated heterocycles. The van der Waals surface area contributed by atoms with E-state index in [1.165, 1.54) is 12.8 Å². The zero-order valence-electron chi connectivity index (χ0n) is 9.62. The fourth-order valence-corrected chi connectivity index (χ4v) is 2.50. The second-order valence-corrected chi connectivity index (χ2v) is 4.95. The van der Waals surface area contributed by atoms with Gasteiger partial charge in [-0.05, 0) is 30.4 Å². The molecule has 0 radical (unpaired) electrons. The number of halogens is 1. The number of aromatic nitrogens is 1. The highest BCUT2D eigenvalue weighted by Gasteiger charge is 2.19. The Morgan fingerprint density at radius 2 is 2.44 bits per heavy atom. The lowest BCUT2D eigenvalue weighted by Gasteiger charge is -2.32. The van der Waals surface area contributed by atoms with Crippen LogP contribution in [-0.2, 0) is 6.54 Å². The van der Waals surface area contributed by atoms with Gasteiger partial charge in [-0.2, -0.15) is 0 Å². The zero-order chi connectivity index (χ0) is 11.5. The lowest BCUT2D eigenvalue weighted by atomic mass is 10.0. The third-order valence-electron chi connectivity index (χ3n) is 3.07. The van der Waals surface area contributed by atoms with Crippen LogP contribution >= 0.6 is 11.6 Å². The van der Waals surface area contributed by atoms with Gasteiger partial charge in [0.1, 0.15) is 5.82 Å². The van der Waals surface area contributed by atoms with Gasteiger partial charge < -0.3 is 10.6 Å². The molecule has 16 heavy (non-hydrogen) atoms. The van der Waals surface area contributed by atoms with Crippen molar-refractivity contribution in [3.63, 3.8) is 0 Å². The van der Waals surface area contributed by atoms with Crippen molar-refractivity contribution in [1.29, 1.82) is 0 Å². The van der Waals surface area contributed by atoms with E-state index in [0.29, 0.717) is 6.54 Å². The summed E-state index contributed by atoms with van der Waals surface area (Å²) in [5.74, 6) is 1.63. The third kappa shape index (κ3) is 2.47. The first kappa shape index (κ1) is 11.7. The van der Waals surface area contributed by atoms with Crippen LogP contribution in [0.5, 0.6) is 0 Å². The number of rotatable bonds is 2. The molecule has 2 N–H and O–H groups in total. The van der Waals surface area contributed by atoms with E-state index < -0.39 is 0 Å². The molecule has 3 nitrogen and oxygen atoms in total. The maximum Gasteiger partial charge on any atom is 0.147 e. The van der Waals surface area contributed by atoms with Crippen LogP contribution in [0, 0.1) is 5.92 Å². The van der Waals surface area contributed by atoms with E-state index in [4.69, 9.17) is 17.3 Å². The minimum absolute atomic E-state index is 0.489. The van der Waals surface area contributed by atoms with Crippen molar-refractivity contribution in [3.05, 3.63) is 22.8 Å². The zero-order valence-corrected chi connectivity index (χ0v) is 10.4. The van der Waals surface area contributed by atoms with Crippen LogP contribution in [0.1, 0.15) is 25.3 Å². The number of piperidine rings is 1. The molecule has 0 aliphatic carbocycles. The minimum Gasteiger partial charge on any atom is -0.355 e. The fraction of sp³-hybridized carbons (Fsp3) is 0.583. The summed E-state index contributed by atoms with van der Waals surface area (Å²) in [7, 11) is 0. The minimum atomic E-state index is 0.489. The summed E-state index contributed by atoms with van der Waals surface area (Å²) >= 11 is 6.23. The van der Waals surface area contributed by atoms with Gasteiger partial charge in [0.2, 0.25) is 0 Å². The first-order chi connectivity index (χ1) is 7.70. The van der Waals surface area contributed by atoms with E-state index in [0.717, 1.165) is 35.4 Å². The molecular formula is C12H18ClN3. The summed E-state index contributed by atoms with van der Waals surface area (Å²) < 4.78 is 0. The highest BCUT2D eigenvalue weighted by Crippen LogP contribution is 2.28. The van der Waals surface area contributed by atoms with Gasteiger partial charge in [0, 0.05) is 25.8 Å². The predicted octanol–water partition coefficient (Wildman–Crippen LogP) is 2.43. The van der Waals surface area contributed by atoms with E-state index in [1.54, 1.807) is 0 Å². The normalized spacial score (nSPS) is 21.2. The van der Waals surface area contributed by atoms with Gasteiger partial charge in [-0.3, -0.25) is 0 Å². The number of hydrogen-bond donors (Lipinski definition) is 1. The number of nitrogens with zero attached hydrogens (tertiary/aromatic N) is 2. The Labute approximate surface area is 102 Å². The average Bonchev–Trinajstić information content (AvgIpc) is 2.28. The van der Waals surface area contributed by atoms with Crippen molar-refractivity contribution >= 4 is 17.4 Å². The number of anilines is 1. The smallest absolute Gasteiger partial charge is 0.147 e. The standard InChI is InChI=1S/C12H18ClN3/c1-9-3-2-4-16(8-9)12-11(13)5-10(6-14)7-15-12/h5,7,9H,2-4,6,8,14H2,1H3.